The molecule has 2 aliphatic heterocycles. The quantitative estimate of drug-likeness (QED) is 0.148. The van der Waals surface area contributed by atoms with Crippen LogP contribution in [0.15, 0.2) is 81.2 Å². The summed E-state index contributed by atoms with van der Waals surface area (Å²) < 4.78 is 74.1. The maximum absolute atomic E-state index is 16.3. The number of aryl methyl sites for hydroxylation is 2. The van der Waals surface area contributed by atoms with E-state index in [1.807, 2.05) is 56.5 Å². The van der Waals surface area contributed by atoms with E-state index >= 15 is 9.18 Å². The Balaban J connectivity index is 1.04. The van der Waals surface area contributed by atoms with Gasteiger partial charge in [-0.2, -0.15) is 23.4 Å². The molecule has 0 bridgehead atoms. The third-order valence-electron chi connectivity index (χ3n) is 14.4. The molecule has 358 valence electrons. The third kappa shape index (κ3) is 7.17. The standard InChI is InChI=1S/C49H47ClF4N10O5/c1-25-17-32(18-26(2)40(25)50)64-42(61-15-14-60(46(61)67)37-10-9-36-33(41(37)51)23-55-62(36)24-49(52,53)54)39-28(4)59(13-11-34(39)57-64)43(65)38-20-31-19-29(30-12-16-68-47(5,6)22-30)7-8-35(31)63(38)48(21-27(48)3)44-56-45(66)69-58-44/h7-10,14-15,17-20,23,27-28,30H,11-13,16,21-22,24H2,1-6H3,(H,56,58,66)/t27-,28-,30-,48-/m0/s1. The van der Waals surface area contributed by atoms with Crippen LogP contribution in [0.1, 0.15) is 103 Å². The van der Waals surface area contributed by atoms with Crippen LogP contribution in [0.3, 0.4) is 0 Å². The number of rotatable bonds is 8. The normalized spacial score (nSPS) is 21.4. The van der Waals surface area contributed by atoms with Crippen LogP contribution in [0, 0.1) is 25.6 Å². The van der Waals surface area contributed by atoms with Crippen LogP contribution < -0.4 is 11.4 Å². The molecule has 8 aromatic rings. The summed E-state index contributed by atoms with van der Waals surface area (Å²) in [5, 5.41) is 14.2. The number of carbonyl (C=O) groups is 1. The summed E-state index contributed by atoms with van der Waals surface area (Å²) in [6.45, 7) is 11.3. The highest BCUT2D eigenvalue weighted by molar-refractivity contribution is 6.32. The fourth-order valence-electron chi connectivity index (χ4n) is 11.0. The Kier molecular flexibility index (Phi) is 10.1. The molecule has 5 aromatic heterocycles. The second kappa shape index (κ2) is 15.6. The zero-order chi connectivity index (χ0) is 48.6. The smallest absolute Gasteiger partial charge is 0.376 e. The number of hydrogen-bond donors (Lipinski definition) is 1. The largest absolute Gasteiger partial charge is 0.438 e. The minimum absolute atomic E-state index is 0.0320. The van der Waals surface area contributed by atoms with Crippen molar-refractivity contribution in [3.63, 3.8) is 0 Å². The zero-order valence-electron chi connectivity index (χ0n) is 38.5. The first-order valence-electron chi connectivity index (χ1n) is 22.8. The summed E-state index contributed by atoms with van der Waals surface area (Å²) in [6.07, 6.45) is 1.84. The minimum Gasteiger partial charge on any atom is -0.376 e. The fraction of sp³-hybridized carbons (Fsp3) is 0.388. The summed E-state index contributed by atoms with van der Waals surface area (Å²) >= 11 is 6.64. The van der Waals surface area contributed by atoms with Crippen LogP contribution >= 0.6 is 11.6 Å². The molecule has 0 unspecified atom stereocenters. The molecule has 11 rings (SSSR count). The Bertz CT molecular complexity index is 3510. The molecule has 1 saturated carbocycles. The van der Waals surface area contributed by atoms with Crippen molar-refractivity contribution in [1.82, 2.24) is 48.3 Å². The van der Waals surface area contributed by atoms with E-state index in [0.29, 0.717) is 63.4 Å². The molecule has 69 heavy (non-hydrogen) atoms. The van der Waals surface area contributed by atoms with Gasteiger partial charge in [-0.1, -0.05) is 29.7 Å². The summed E-state index contributed by atoms with van der Waals surface area (Å²) in [6, 6.07) is 13.7. The van der Waals surface area contributed by atoms with Crippen molar-refractivity contribution >= 4 is 39.3 Å². The van der Waals surface area contributed by atoms with Crippen molar-refractivity contribution < 1.29 is 31.6 Å². The van der Waals surface area contributed by atoms with Crippen molar-refractivity contribution in [2.24, 2.45) is 5.92 Å². The van der Waals surface area contributed by atoms with Gasteiger partial charge in [0.25, 0.3) is 5.91 Å². The zero-order valence-corrected chi connectivity index (χ0v) is 39.2. The van der Waals surface area contributed by atoms with Gasteiger partial charge in [0.2, 0.25) is 0 Å². The number of hydrogen-bond acceptors (Lipinski definition) is 8. The second-order valence-electron chi connectivity index (χ2n) is 19.4. The van der Waals surface area contributed by atoms with Gasteiger partial charge in [-0.05, 0) is 125 Å². The monoisotopic (exact) mass is 966 g/mol. The van der Waals surface area contributed by atoms with Gasteiger partial charge in [0.15, 0.2) is 11.6 Å². The van der Waals surface area contributed by atoms with Gasteiger partial charge >= 0.3 is 17.6 Å². The van der Waals surface area contributed by atoms with Gasteiger partial charge in [-0.3, -0.25) is 28.1 Å². The Morgan fingerprint density at radius 3 is 2.39 bits per heavy atom. The molecular weight excluding hydrogens is 920 g/mol. The molecule has 7 heterocycles. The summed E-state index contributed by atoms with van der Waals surface area (Å²) in [5.74, 6) is -1.10. The highest BCUT2D eigenvalue weighted by Crippen LogP contribution is 2.56. The van der Waals surface area contributed by atoms with E-state index in [1.165, 1.54) is 29.1 Å². The number of H-pyrrole nitrogens is 1. The lowest BCUT2D eigenvalue weighted by Gasteiger charge is -2.35. The second-order valence-corrected chi connectivity index (χ2v) is 19.8. The molecule has 20 heteroatoms. The maximum Gasteiger partial charge on any atom is 0.438 e. The first-order valence-corrected chi connectivity index (χ1v) is 23.2. The number of fused-ring (bicyclic) bond motifs is 3. The molecule has 0 spiro atoms. The SMILES string of the molecule is Cc1cc(-n2nc3c(c2-n2ccn(-c4ccc5c(cnn5CC(F)(F)F)c4F)c2=O)[C@H](C)N(C(=O)c2cc4cc([C@H]5CCOC(C)(C)C5)ccc4n2[C@@]2(c4noc(=O)[nH]4)C[C@@H]2C)CC3)cc(C)c1Cl. The number of aromatic nitrogens is 9. The van der Waals surface area contributed by atoms with Gasteiger partial charge in [0, 0.05) is 53.5 Å². The number of aromatic amines is 1. The predicted molar refractivity (Wildman–Crippen MR) is 247 cm³/mol. The number of alkyl halides is 3. The van der Waals surface area contributed by atoms with Crippen molar-refractivity contribution in [2.75, 3.05) is 13.2 Å². The molecule has 2 fully saturated rings. The van der Waals surface area contributed by atoms with Crippen LogP contribution in [0.25, 0.3) is 39.0 Å². The molecule has 3 aliphatic rings. The van der Waals surface area contributed by atoms with Crippen LogP contribution in [-0.2, 0) is 23.2 Å². The van der Waals surface area contributed by atoms with E-state index in [-0.39, 0.29) is 46.5 Å². The highest BCUT2D eigenvalue weighted by Gasteiger charge is 2.59. The molecule has 0 radical (unpaired) electrons. The lowest BCUT2D eigenvalue weighted by molar-refractivity contribution is -0.141. The lowest BCUT2D eigenvalue weighted by Crippen LogP contribution is -2.41. The van der Waals surface area contributed by atoms with Crippen molar-refractivity contribution in [3.8, 4) is 17.2 Å². The molecule has 3 aromatic carbocycles. The molecule has 1 aliphatic carbocycles. The number of ether oxygens (including phenoxy) is 1. The van der Waals surface area contributed by atoms with Crippen LogP contribution in [-0.4, -0.2) is 79.1 Å². The number of imidazole rings is 1. The van der Waals surface area contributed by atoms with E-state index in [1.54, 1.807) is 9.58 Å². The molecule has 1 amide bonds. The van der Waals surface area contributed by atoms with E-state index in [4.69, 9.17) is 26.0 Å². The molecule has 1 saturated heterocycles. The number of benzene rings is 3. The van der Waals surface area contributed by atoms with Gasteiger partial charge < -0.3 is 14.2 Å². The first kappa shape index (κ1) is 44.8. The number of nitrogens with zero attached hydrogens (tertiary/aromatic N) is 9. The van der Waals surface area contributed by atoms with E-state index < -0.39 is 41.6 Å². The predicted octanol–water partition coefficient (Wildman–Crippen LogP) is 8.98. The van der Waals surface area contributed by atoms with Crippen molar-refractivity contribution in [3.05, 3.63) is 138 Å². The summed E-state index contributed by atoms with van der Waals surface area (Å²) in [5.41, 5.74) is 3.46. The first-order chi connectivity index (χ1) is 32.7. The van der Waals surface area contributed by atoms with Crippen LogP contribution in [0.2, 0.25) is 5.02 Å². The summed E-state index contributed by atoms with van der Waals surface area (Å²) in [4.78, 5) is 47.3. The highest BCUT2D eigenvalue weighted by atomic mass is 35.5. The van der Waals surface area contributed by atoms with E-state index in [9.17, 15) is 22.8 Å². The maximum atomic E-state index is 16.3. The number of amides is 1. The van der Waals surface area contributed by atoms with Gasteiger partial charge in [-0.15, -0.1) is 0 Å². The van der Waals surface area contributed by atoms with Gasteiger partial charge in [0.05, 0.1) is 45.8 Å². The Morgan fingerprint density at radius 1 is 0.986 bits per heavy atom. The Labute approximate surface area is 395 Å². The summed E-state index contributed by atoms with van der Waals surface area (Å²) in [7, 11) is 0. The third-order valence-corrected chi connectivity index (χ3v) is 15.0. The minimum atomic E-state index is -4.59. The number of halogens is 5. The van der Waals surface area contributed by atoms with Gasteiger partial charge in [-0.25, -0.2) is 18.7 Å². The van der Waals surface area contributed by atoms with Crippen molar-refractivity contribution in [1.29, 1.82) is 0 Å². The topological polar surface area (TPSA) is 156 Å². The molecular formula is C49H47ClF4N10O5. The number of carbonyl (C=O) groups excluding carboxylic acids is 1. The Hall–Kier alpha value is -6.73. The van der Waals surface area contributed by atoms with Crippen LogP contribution in [0.5, 0.6) is 0 Å². The Morgan fingerprint density at radius 2 is 1.71 bits per heavy atom. The van der Waals surface area contributed by atoms with Crippen LogP contribution in [0.4, 0.5) is 17.6 Å². The lowest BCUT2D eigenvalue weighted by atomic mass is 9.83. The van der Waals surface area contributed by atoms with E-state index in [2.05, 4.69) is 41.2 Å². The molecule has 15 nitrogen and oxygen atoms in total. The molecule has 1 N–H and O–H groups in total. The fourth-order valence-corrected chi connectivity index (χ4v) is 11.1. The average molecular weight is 967 g/mol. The molecule has 4 atom stereocenters. The van der Waals surface area contributed by atoms with Gasteiger partial charge in [0.1, 0.15) is 23.6 Å². The van der Waals surface area contributed by atoms with E-state index in [0.717, 1.165) is 51.2 Å². The average Bonchev–Trinajstić information content (AvgIpc) is 3.93. The van der Waals surface area contributed by atoms with Crippen molar-refractivity contribution in [2.45, 2.75) is 103 Å². The number of nitrogens with one attached hydrogen (secondary N) is 1.